The lowest BCUT2D eigenvalue weighted by Crippen LogP contribution is -2.55. The smallest absolute Gasteiger partial charge is 0.449 e. The van der Waals surface area contributed by atoms with Crippen molar-refractivity contribution in [3.63, 3.8) is 0 Å². The summed E-state index contributed by atoms with van der Waals surface area (Å²) in [5.74, 6) is 1.31. The summed E-state index contributed by atoms with van der Waals surface area (Å²) in [5, 5.41) is 0. The second-order valence-electron chi connectivity index (χ2n) is 13.9. The van der Waals surface area contributed by atoms with Crippen molar-refractivity contribution in [2.24, 2.45) is 17.8 Å². The molecule has 0 aromatic carbocycles. The monoisotopic (exact) mass is 583 g/mol. The molecule has 240 valence electrons. The maximum atomic E-state index is 7.53. The molecule has 0 saturated carbocycles. The van der Waals surface area contributed by atoms with E-state index >= 15 is 0 Å². The first-order valence-corrected chi connectivity index (χ1v) is 19.4. The van der Waals surface area contributed by atoms with E-state index < -0.39 is 15.1 Å². The lowest BCUT2D eigenvalue weighted by Gasteiger charge is -2.48. The lowest BCUT2D eigenvalue weighted by molar-refractivity contribution is -0.136. The van der Waals surface area contributed by atoms with Gasteiger partial charge in [-0.1, -0.05) is 160 Å². The number of rotatable bonds is 27. The molecule has 0 heterocycles. The summed E-state index contributed by atoms with van der Waals surface area (Å²) in [6, 6.07) is 0. The van der Waals surface area contributed by atoms with Gasteiger partial charge >= 0.3 is 15.1 Å². The molecule has 0 saturated heterocycles. The molecule has 0 aliphatic carbocycles. The molecule has 0 aliphatic heterocycles. The predicted octanol–water partition coefficient (Wildman–Crippen LogP) is 12.3. The van der Waals surface area contributed by atoms with Crippen molar-refractivity contribution < 1.29 is 11.4 Å². The van der Waals surface area contributed by atoms with Crippen molar-refractivity contribution >= 4 is 15.1 Å². The van der Waals surface area contributed by atoms with Gasteiger partial charge in [-0.2, -0.15) is 0 Å². The summed E-state index contributed by atoms with van der Waals surface area (Å²) in [5.41, 5.74) is -0.502. The molecule has 0 aromatic rings. The molecule has 0 aromatic heterocycles. The highest BCUT2D eigenvalue weighted by atomic mass is 27.3. The molecule has 0 fully saturated rings. The van der Waals surface area contributed by atoms with E-state index in [1.807, 2.05) is 0 Å². The highest BCUT2D eigenvalue weighted by Gasteiger charge is 2.53. The Morgan fingerprint density at radius 2 is 0.550 bits per heavy atom. The summed E-state index contributed by atoms with van der Waals surface area (Å²) in [4.78, 5) is 0. The highest BCUT2D eigenvalue weighted by molar-refractivity contribution is 6.37. The van der Waals surface area contributed by atoms with Crippen LogP contribution in [0.2, 0.25) is 0 Å². The molecule has 0 bridgehead atoms. The van der Waals surface area contributed by atoms with E-state index in [-0.39, 0.29) is 16.8 Å². The van der Waals surface area contributed by atoms with Crippen LogP contribution in [-0.4, -0.2) is 32.0 Å². The number of hydrogen-bond acceptors (Lipinski definition) is 3. The van der Waals surface area contributed by atoms with E-state index in [0.717, 1.165) is 38.5 Å². The normalized spacial score (nSPS) is 13.3. The van der Waals surface area contributed by atoms with Gasteiger partial charge in [0.05, 0.1) is 0 Å². The lowest BCUT2D eigenvalue weighted by atomic mass is 9.81. The molecule has 0 aliphatic rings. The van der Waals surface area contributed by atoms with Gasteiger partial charge in [-0.05, 0) is 56.3 Å². The predicted molar refractivity (Wildman–Crippen MR) is 179 cm³/mol. The Balaban J connectivity index is 6.92. The molecular formula is C36H75AlO3. The van der Waals surface area contributed by atoms with Crippen LogP contribution in [0.25, 0.3) is 0 Å². The maximum Gasteiger partial charge on any atom is 0.906 e. The van der Waals surface area contributed by atoms with Gasteiger partial charge in [-0.25, -0.2) is 0 Å². The van der Waals surface area contributed by atoms with Crippen LogP contribution in [-0.2, 0) is 11.4 Å². The van der Waals surface area contributed by atoms with Crippen LogP contribution in [0, 0.1) is 17.8 Å². The van der Waals surface area contributed by atoms with Crippen LogP contribution < -0.4 is 0 Å². The van der Waals surface area contributed by atoms with Crippen molar-refractivity contribution in [3.8, 4) is 0 Å². The van der Waals surface area contributed by atoms with Crippen LogP contribution >= 0.6 is 0 Å². The zero-order valence-corrected chi connectivity index (χ0v) is 30.9. The molecular weight excluding hydrogens is 507 g/mol. The van der Waals surface area contributed by atoms with E-state index in [9.17, 15) is 0 Å². The van der Waals surface area contributed by atoms with E-state index in [1.54, 1.807) is 0 Å². The molecule has 4 heteroatoms. The number of unbranched alkanes of at least 4 members (excludes halogenated alkanes) is 6. The van der Waals surface area contributed by atoms with Crippen molar-refractivity contribution in [1.29, 1.82) is 0 Å². The third-order valence-corrected chi connectivity index (χ3v) is 11.9. The van der Waals surface area contributed by atoms with Gasteiger partial charge in [0.1, 0.15) is 0 Å². The van der Waals surface area contributed by atoms with Gasteiger partial charge < -0.3 is 11.4 Å². The maximum absolute atomic E-state index is 7.53. The summed E-state index contributed by atoms with van der Waals surface area (Å²) in [6.45, 7) is 28.1. The summed E-state index contributed by atoms with van der Waals surface area (Å²) in [7, 11) is 0. The topological polar surface area (TPSA) is 27.7 Å². The third kappa shape index (κ3) is 13.4. The first-order chi connectivity index (χ1) is 19.0. The Labute approximate surface area is 259 Å². The average molecular weight is 583 g/mol. The van der Waals surface area contributed by atoms with Gasteiger partial charge in [0.2, 0.25) is 0 Å². The minimum atomic E-state index is -2.53. The van der Waals surface area contributed by atoms with Gasteiger partial charge in [-0.15, -0.1) is 0 Å². The summed E-state index contributed by atoms with van der Waals surface area (Å²) in [6.07, 6.45) is 21.0. The van der Waals surface area contributed by atoms with Crippen LogP contribution in [0.15, 0.2) is 0 Å². The SMILES string of the molecule is CCCCC(CCCC)([O][Al]([O]C(CCCC)(CCCC)C(C)C)[O]C(CCCC)(CCCC)C(C)C)C(C)C. The first kappa shape index (κ1) is 40.4. The Morgan fingerprint density at radius 3 is 0.675 bits per heavy atom. The molecule has 0 amide bonds. The first-order valence-electron chi connectivity index (χ1n) is 18.0. The zero-order chi connectivity index (χ0) is 30.7. The second-order valence-corrected chi connectivity index (χ2v) is 15.2. The van der Waals surface area contributed by atoms with Gasteiger partial charge in [-0.3, -0.25) is 0 Å². The minimum Gasteiger partial charge on any atom is -0.449 e. The summed E-state index contributed by atoms with van der Waals surface area (Å²) >= 11 is -2.53. The Morgan fingerprint density at radius 1 is 0.375 bits per heavy atom. The molecule has 40 heavy (non-hydrogen) atoms. The molecule has 0 radical (unpaired) electrons. The van der Waals surface area contributed by atoms with E-state index in [1.165, 1.54) is 77.0 Å². The highest BCUT2D eigenvalue weighted by Crippen LogP contribution is 2.42. The van der Waals surface area contributed by atoms with Crippen LogP contribution in [0.5, 0.6) is 0 Å². The van der Waals surface area contributed by atoms with E-state index in [4.69, 9.17) is 11.4 Å². The molecule has 0 N–H and O–H groups in total. The quantitative estimate of drug-likeness (QED) is 0.0901. The van der Waals surface area contributed by atoms with Crippen LogP contribution in [0.1, 0.15) is 199 Å². The molecule has 0 atom stereocenters. The Bertz CT molecular complexity index is 484. The van der Waals surface area contributed by atoms with Gasteiger partial charge in [0, 0.05) is 16.8 Å². The standard InChI is InChI=1S/3C12H25O.Al/c3*1-5-7-9-12(13,11(3)4)10-8-6-2;/h3*11H,5-10H2,1-4H3;/q3*-1;+3. The molecule has 0 rings (SSSR count). The largest absolute Gasteiger partial charge is 0.906 e. The van der Waals surface area contributed by atoms with Crippen LogP contribution in [0.4, 0.5) is 0 Å². The van der Waals surface area contributed by atoms with E-state index in [0.29, 0.717) is 17.8 Å². The van der Waals surface area contributed by atoms with Crippen LogP contribution in [0.3, 0.4) is 0 Å². The average Bonchev–Trinajstić information content (AvgIpc) is 2.92. The van der Waals surface area contributed by atoms with Crippen molar-refractivity contribution in [1.82, 2.24) is 0 Å². The fraction of sp³-hybridized carbons (Fsp3) is 1.00. The fourth-order valence-electron chi connectivity index (χ4n) is 6.37. The fourth-order valence-corrected chi connectivity index (χ4v) is 9.19. The second kappa shape index (κ2) is 22.0. The van der Waals surface area contributed by atoms with Gasteiger partial charge in [0.15, 0.2) is 0 Å². The van der Waals surface area contributed by atoms with Crippen molar-refractivity contribution in [2.75, 3.05) is 0 Å². The molecule has 0 unspecified atom stereocenters. The third-order valence-electron chi connectivity index (χ3n) is 9.87. The number of hydrogen-bond donors (Lipinski definition) is 0. The van der Waals surface area contributed by atoms with Gasteiger partial charge in [0.25, 0.3) is 0 Å². The Hall–Kier alpha value is 0.412. The molecule has 3 nitrogen and oxygen atoms in total. The minimum absolute atomic E-state index is 0.167. The van der Waals surface area contributed by atoms with Crippen molar-refractivity contribution in [2.45, 2.75) is 215 Å². The molecule has 0 spiro atoms. The van der Waals surface area contributed by atoms with Crippen molar-refractivity contribution in [3.05, 3.63) is 0 Å². The summed E-state index contributed by atoms with van der Waals surface area (Å²) < 4.78 is 22.6. The zero-order valence-electron chi connectivity index (χ0n) is 29.8. The van der Waals surface area contributed by atoms with E-state index in [2.05, 4.69) is 83.1 Å². The Kier molecular flexibility index (Phi) is 22.2.